The van der Waals surface area contributed by atoms with Gasteiger partial charge in [0.15, 0.2) is 11.5 Å². The third-order valence-electron chi connectivity index (χ3n) is 3.50. The van der Waals surface area contributed by atoms with Gasteiger partial charge in [0.05, 0.1) is 21.3 Å². The van der Waals surface area contributed by atoms with Crippen molar-refractivity contribution in [2.75, 3.05) is 6.79 Å². The summed E-state index contributed by atoms with van der Waals surface area (Å²) in [4.78, 5) is 10.4. The third kappa shape index (κ3) is 2.23. The van der Waals surface area contributed by atoms with Crippen molar-refractivity contribution >= 4 is 11.3 Å². The van der Waals surface area contributed by atoms with Crippen molar-refractivity contribution < 1.29 is 9.47 Å². The van der Waals surface area contributed by atoms with Gasteiger partial charge in [0.25, 0.3) is 0 Å². The van der Waals surface area contributed by atoms with Crippen LogP contribution in [0.1, 0.15) is 10.7 Å². The fourth-order valence-corrected chi connectivity index (χ4v) is 3.42. The smallest absolute Gasteiger partial charge is 0.231 e. The van der Waals surface area contributed by atoms with E-state index in [2.05, 4.69) is 4.98 Å². The molecule has 4 nitrogen and oxygen atoms in total. The van der Waals surface area contributed by atoms with Gasteiger partial charge < -0.3 is 9.47 Å². The molecule has 0 atom stereocenters. The molecule has 1 aromatic carbocycles. The Labute approximate surface area is 132 Å². The molecule has 0 N–H and O–H groups in total. The van der Waals surface area contributed by atoms with Crippen molar-refractivity contribution in [3.8, 4) is 33.3 Å². The quantitative estimate of drug-likeness (QED) is 0.711. The molecule has 4 rings (SSSR count). The highest BCUT2D eigenvalue weighted by Gasteiger charge is 2.18. The lowest BCUT2D eigenvalue weighted by atomic mass is 10.1. The maximum absolute atomic E-state index is 5.47. The van der Waals surface area contributed by atoms with Gasteiger partial charge in [-0.2, -0.15) is 0 Å². The van der Waals surface area contributed by atoms with Crippen LogP contribution < -0.4 is 9.47 Å². The molecule has 0 spiro atoms. The summed E-state index contributed by atoms with van der Waals surface area (Å²) in [6.07, 6.45) is 0. The molecule has 22 heavy (non-hydrogen) atoms. The monoisotopic (exact) mass is 310 g/mol. The van der Waals surface area contributed by atoms with Gasteiger partial charge in [0.1, 0.15) is 0 Å². The van der Waals surface area contributed by atoms with E-state index in [9.17, 15) is 0 Å². The molecule has 0 amide bonds. The van der Waals surface area contributed by atoms with Crippen LogP contribution in [0.3, 0.4) is 0 Å². The summed E-state index contributed by atoms with van der Waals surface area (Å²) >= 11 is 1.66. The van der Waals surface area contributed by atoms with Crippen LogP contribution in [0.5, 0.6) is 11.5 Å². The molecule has 0 saturated carbocycles. The number of nitrogens with zero attached hydrogens (tertiary/aromatic N) is 2. The van der Waals surface area contributed by atoms with E-state index in [0.29, 0.717) is 0 Å². The van der Waals surface area contributed by atoms with E-state index in [1.54, 1.807) is 11.3 Å². The molecule has 1 aliphatic heterocycles. The predicted octanol–water partition coefficient (Wildman–Crippen LogP) is 4.22. The van der Waals surface area contributed by atoms with Gasteiger partial charge in [-0.25, -0.2) is 4.98 Å². The zero-order chi connectivity index (χ0) is 15.1. The van der Waals surface area contributed by atoms with Gasteiger partial charge in [-0.15, -0.1) is 11.3 Å². The van der Waals surface area contributed by atoms with Gasteiger partial charge >= 0.3 is 0 Å². The number of thiazole rings is 1. The number of hydrogen-bond donors (Lipinski definition) is 0. The second-order valence-electron chi connectivity index (χ2n) is 5.14. The lowest BCUT2D eigenvalue weighted by Crippen LogP contribution is -1.92. The lowest BCUT2D eigenvalue weighted by Gasteiger charge is -2.04. The van der Waals surface area contributed by atoms with E-state index in [1.807, 2.05) is 50.2 Å². The summed E-state index contributed by atoms with van der Waals surface area (Å²) in [5.74, 6) is 1.55. The molecule has 0 bridgehead atoms. The normalized spacial score (nSPS) is 12.6. The average molecular weight is 310 g/mol. The molecule has 0 saturated heterocycles. The molecule has 0 radical (unpaired) electrons. The van der Waals surface area contributed by atoms with E-state index in [1.165, 1.54) is 0 Å². The highest BCUT2D eigenvalue weighted by molar-refractivity contribution is 7.15. The number of aromatic nitrogens is 2. The summed E-state index contributed by atoms with van der Waals surface area (Å²) in [5, 5.41) is 1.02. The van der Waals surface area contributed by atoms with Gasteiger partial charge in [-0.3, -0.25) is 4.98 Å². The second-order valence-corrected chi connectivity index (χ2v) is 6.35. The van der Waals surface area contributed by atoms with E-state index in [0.717, 1.165) is 44.0 Å². The highest BCUT2D eigenvalue weighted by Crippen LogP contribution is 2.40. The Morgan fingerprint density at radius 2 is 1.86 bits per heavy atom. The molecule has 110 valence electrons. The second kappa shape index (κ2) is 5.10. The van der Waals surface area contributed by atoms with Crippen LogP contribution in [0, 0.1) is 13.8 Å². The molecule has 3 heterocycles. The standard InChI is InChI=1S/C17H14N2O2S/c1-10-4-3-5-13(18-10)17-16(19-11(2)22-17)12-6-7-14-15(8-12)21-9-20-14/h3-8H,9H2,1-2H3. The number of hydrogen-bond acceptors (Lipinski definition) is 5. The van der Waals surface area contributed by atoms with E-state index in [4.69, 9.17) is 14.5 Å². The molecule has 0 fully saturated rings. The van der Waals surface area contributed by atoms with Crippen LogP contribution in [0.2, 0.25) is 0 Å². The van der Waals surface area contributed by atoms with Crippen LogP contribution in [-0.2, 0) is 0 Å². The summed E-state index contributed by atoms with van der Waals surface area (Å²) in [6, 6.07) is 12.0. The minimum absolute atomic E-state index is 0.279. The predicted molar refractivity (Wildman–Crippen MR) is 86.4 cm³/mol. The molecular formula is C17H14N2O2S. The number of benzene rings is 1. The number of fused-ring (bicyclic) bond motifs is 1. The maximum Gasteiger partial charge on any atom is 0.231 e. The molecule has 3 aromatic rings. The van der Waals surface area contributed by atoms with Crippen molar-refractivity contribution in [3.63, 3.8) is 0 Å². The van der Waals surface area contributed by atoms with Crippen LogP contribution in [-0.4, -0.2) is 16.8 Å². The van der Waals surface area contributed by atoms with Crippen LogP contribution in [0.25, 0.3) is 21.8 Å². The molecule has 0 unspecified atom stereocenters. The Bertz CT molecular complexity index is 858. The van der Waals surface area contributed by atoms with E-state index >= 15 is 0 Å². The van der Waals surface area contributed by atoms with Crippen molar-refractivity contribution in [3.05, 3.63) is 47.1 Å². The number of ether oxygens (including phenoxy) is 2. The first-order valence-corrected chi connectivity index (χ1v) is 7.84. The lowest BCUT2D eigenvalue weighted by molar-refractivity contribution is 0.174. The average Bonchev–Trinajstić information content (AvgIpc) is 3.12. The van der Waals surface area contributed by atoms with Gasteiger partial charge in [0, 0.05) is 11.3 Å². The zero-order valence-corrected chi connectivity index (χ0v) is 13.1. The molecule has 0 aliphatic carbocycles. The van der Waals surface area contributed by atoms with Crippen molar-refractivity contribution in [2.45, 2.75) is 13.8 Å². The van der Waals surface area contributed by atoms with Crippen molar-refractivity contribution in [1.82, 2.24) is 9.97 Å². The molecular weight excluding hydrogens is 296 g/mol. The topological polar surface area (TPSA) is 44.2 Å². The first-order chi connectivity index (χ1) is 10.7. The molecule has 1 aliphatic rings. The first-order valence-electron chi connectivity index (χ1n) is 7.02. The van der Waals surface area contributed by atoms with Gasteiger partial charge in [-0.1, -0.05) is 6.07 Å². The first kappa shape index (κ1) is 13.3. The third-order valence-corrected chi connectivity index (χ3v) is 4.49. The Morgan fingerprint density at radius 3 is 2.73 bits per heavy atom. The maximum atomic E-state index is 5.47. The Morgan fingerprint density at radius 1 is 1.00 bits per heavy atom. The summed E-state index contributed by atoms with van der Waals surface area (Å²) in [7, 11) is 0. The van der Waals surface area contributed by atoms with Crippen LogP contribution in [0.15, 0.2) is 36.4 Å². The fraction of sp³-hybridized carbons (Fsp3) is 0.176. The summed E-state index contributed by atoms with van der Waals surface area (Å²) in [5.41, 5.74) is 3.92. The Balaban J connectivity index is 1.86. The van der Waals surface area contributed by atoms with Gasteiger partial charge in [0.2, 0.25) is 6.79 Å². The largest absolute Gasteiger partial charge is 0.454 e. The van der Waals surface area contributed by atoms with Crippen LogP contribution in [0.4, 0.5) is 0 Å². The fourth-order valence-electron chi connectivity index (χ4n) is 2.51. The summed E-state index contributed by atoms with van der Waals surface area (Å²) in [6.45, 7) is 4.29. The van der Waals surface area contributed by atoms with Crippen molar-refractivity contribution in [1.29, 1.82) is 0 Å². The Hall–Kier alpha value is -2.40. The van der Waals surface area contributed by atoms with Gasteiger partial charge in [-0.05, 0) is 44.2 Å². The van der Waals surface area contributed by atoms with Crippen LogP contribution >= 0.6 is 11.3 Å². The minimum Gasteiger partial charge on any atom is -0.454 e. The zero-order valence-electron chi connectivity index (χ0n) is 12.3. The SMILES string of the molecule is Cc1cccc(-c2sc(C)nc2-c2ccc3c(c2)OCO3)n1. The number of pyridine rings is 1. The highest BCUT2D eigenvalue weighted by atomic mass is 32.1. The Kier molecular flexibility index (Phi) is 3.08. The molecule has 5 heteroatoms. The molecule has 2 aromatic heterocycles. The summed E-state index contributed by atoms with van der Waals surface area (Å²) < 4.78 is 10.8. The van der Waals surface area contributed by atoms with Crippen molar-refractivity contribution in [2.24, 2.45) is 0 Å². The number of aryl methyl sites for hydroxylation is 2. The minimum atomic E-state index is 0.279. The number of rotatable bonds is 2. The van der Waals surface area contributed by atoms with E-state index < -0.39 is 0 Å². The van der Waals surface area contributed by atoms with E-state index in [-0.39, 0.29) is 6.79 Å².